The lowest BCUT2D eigenvalue weighted by atomic mass is 10.0. The van der Waals surface area contributed by atoms with Gasteiger partial charge in [-0.25, -0.2) is 9.48 Å². The summed E-state index contributed by atoms with van der Waals surface area (Å²) >= 11 is 0. The number of carbonyl (C=O) groups excluding carboxylic acids is 1. The topological polar surface area (TPSA) is 73.6 Å². The summed E-state index contributed by atoms with van der Waals surface area (Å²) < 4.78 is 15.2. The van der Waals surface area contributed by atoms with Crippen LogP contribution in [0, 0.1) is 6.92 Å². The number of carbonyl (C=O) groups is 1. The molecule has 5 aromatic rings. The number of fused-ring (bicyclic) bond motifs is 3. The Hall–Kier alpha value is -4.98. The number of amides is 2. The highest BCUT2D eigenvalue weighted by atomic mass is 16.5. The van der Waals surface area contributed by atoms with Crippen molar-refractivity contribution in [3.05, 3.63) is 119 Å². The first-order valence-electron chi connectivity index (χ1n) is 13.7. The zero-order chi connectivity index (χ0) is 28.5. The summed E-state index contributed by atoms with van der Waals surface area (Å²) in [7, 11) is 3.26. The van der Waals surface area contributed by atoms with E-state index in [1.54, 1.807) is 14.2 Å². The van der Waals surface area contributed by atoms with Crippen molar-refractivity contribution >= 4 is 11.7 Å². The quantitative estimate of drug-likeness (QED) is 0.257. The van der Waals surface area contributed by atoms with E-state index in [1.165, 1.54) is 0 Å². The van der Waals surface area contributed by atoms with Gasteiger partial charge in [0.15, 0.2) is 0 Å². The Labute approximate surface area is 239 Å². The van der Waals surface area contributed by atoms with Gasteiger partial charge in [0.25, 0.3) is 0 Å². The van der Waals surface area contributed by atoms with Crippen LogP contribution in [0.1, 0.15) is 41.0 Å². The van der Waals surface area contributed by atoms with Gasteiger partial charge < -0.3 is 24.3 Å². The molecule has 0 spiro atoms. The molecular weight excluding hydrogens is 514 g/mol. The first-order chi connectivity index (χ1) is 20.0. The molecule has 41 heavy (non-hydrogen) atoms. The maximum absolute atomic E-state index is 14.3. The lowest BCUT2D eigenvalue weighted by Crippen LogP contribution is -2.38. The van der Waals surface area contributed by atoms with E-state index in [2.05, 4.69) is 41.2 Å². The Balaban J connectivity index is 1.54. The molecule has 3 aromatic carbocycles. The molecule has 1 aliphatic rings. The minimum atomic E-state index is -0.381. The molecule has 8 nitrogen and oxygen atoms in total. The molecule has 0 unspecified atom stereocenters. The van der Waals surface area contributed by atoms with Crippen LogP contribution in [0.5, 0.6) is 11.5 Å². The number of ether oxygens (including phenoxy) is 2. The van der Waals surface area contributed by atoms with Crippen LogP contribution >= 0.6 is 0 Å². The summed E-state index contributed by atoms with van der Waals surface area (Å²) in [5.74, 6) is 2.31. The number of para-hydroxylation sites is 1. The van der Waals surface area contributed by atoms with Gasteiger partial charge in [-0.15, -0.1) is 0 Å². The van der Waals surface area contributed by atoms with E-state index in [9.17, 15) is 4.79 Å². The number of urea groups is 1. The number of hydrogen-bond acceptors (Lipinski definition) is 4. The second-order valence-corrected chi connectivity index (χ2v) is 10.1. The largest absolute Gasteiger partial charge is 0.497 e. The molecule has 1 atom stereocenters. The average Bonchev–Trinajstić information content (AvgIpc) is 3.59. The predicted octanol–water partition coefficient (Wildman–Crippen LogP) is 6.69. The normalized spacial score (nSPS) is 14.1. The molecule has 208 valence electrons. The molecule has 6 rings (SSSR count). The van der Waals surface area contributed by atoms with E-state index >= 15 is 0 Å². The minimum Gasteiger partial charge on any atom is -0.497 e. The molecule has 0 saturated heterocycles. The van der Waals surface area contributed by atoms with Crippen molar-refractivity contribution in [2.24, 2.45) is 0 Å². The lowest BCUT2D eigenvalue weighted by Gasteiger charge is -2.31. The van der Waals surface area contributed by atoms with Gasteiger partial charge in [-0.3, -0.25) is 0 Å². The third kappa shape index (κ3) is 4.71. The van der Waals surface area contributed by atoms with Crippen molar-refractivity contribution in [3.63, 3.8) is 0 Å². The number of aromatic nitrogens is 3. The Morgan fingerprint density at radius 1 is 0.976 bits per heavy atom. The molecule has 0 saturated carbocycles. The smallest absolute Gasteiger partial charge is 0.323 e. The zero-order valence-electron chi connectivity index (χ0n) is 23.7. The van der Waals surface area contributed by atoms with E-state index < -0.39 is 0 Å². The van der Waals surface area contributed by atoms with Crippen LogP contribution in [0.4, 0.5) is 10.5 Å². The van der Waals surface area contributed by atoms with Crippen molar-refractivity contribution in [3.8, 4) is 23.0 Å². The highest BCUT2D eigenvalue weighted by Gasteiger charge is 2.36. The van der Waals surface area contributed by atoms with Gasteiger partial charge in [-0.1, -0.05) is 43.3 Å². The van der Waals surface area contributed by atoms with Gasteiger partial charge in [0.2, 0.25) is 0 Å². The molecular formula is C33H33N5O3. The highest BCUT2D eigenvalue weighted by molar-refractivity contribution is 5.92. The summed E-state index contributed by atoms with van der Waals surface area (Å²) in [5.41, 5.74) is 6.51. The Morgan fingerprint density at radius 2 is 1.76 bits per heavy atom. The fourth-order valence-electron chi connectivity index (χ4n) is 5.59. The first-order valence-corrected chi connectivity index (χ1v) is 13.7. The van der Waals surface area contributed by atoms with Gasteiger partial charge in [0.1, 0.15) is 17.3 Å². The number of anilines is 1. The monoisotopic (exact) mass is 547 g/mol. The number of benzene rings is 3. The minimum absolute atomic E-state index is 0.232. The number of rotatable bonds is 6. The first kappa shape index (κ1) is 26.3. The average molecular weight is 548 g/mol. The summed E-state index contributed by atoms with van der Waals surface area (Å²) in [6, 6.07) is 27.3. The maximum Gasteiger partial charge on any atom is 0.323 e. The Bertz CT molecular complexity index is 1690. The van der Waals surface area contributed by atoms with Crippen LogP contribution in [-0.4, -0.2) is 39.5 Å². The lowest BCUT2D eigenvalue weighted by molar-refractivity contribution is 0.194. The summed E-state index contributed by atoms with van der Waals surface area (Å²) in [6.07, 6.45) is 2.78. The van der Waals surface area contributed by atoms with Crippen LogP contribution in [0.3, 0.4) is 0 Å². The predicted molar refractivity (Wildman–Crippen MR) is 159 cm³/mol. The van der Waals surface area contributed by atoms with Crippen molar-refractivity contribution in [2.45, 2.75) is 32.9 Å². The number of nitrogens with zero attached hydrogens (tertiary/aromatic N) is 4. The van der Waals surface area contributed by atoms with Crippen LogP contribution in [0.25, 0.3) is 11.5 Å². The molecule has 3 heterocycles. The van der Waals surface area contributed by atoms with Crippen molar-refractivity contribution in [1.82, 2.24) is 19.2 Å². The number of methoxy groups -OCH3 is 2. The number of nitrogens with one attached hydrogen (secondary N) is 1. The molecule has 2 aromatic heterocycles. The second-order valence-electron chi connectivity index (χ2n) is 10.1. The van der Waals surface area contributed by atoms with Gasteiger partial charge >= 0.3 is 6.03 Å². The van der Waals surface area contributed by atoms with E-state index in [1.807, 2.05) is 83.2 Å². The van der Waals surface area contributed by atoms with E-state index in [0.717, 1.165) is 51.8 Å². The van der Waals surface area contributed by atoms with Gasteiger partial charge in [0, 0.05) is 11.8 Å². The second kappa shape index (κ2) is 10.9. The third-order valence-electron chi connectivity index (χ3n) is 7.59. The van der Waals surface area contributed by atoms with Crippen LogP contribution in [0.15, 0.2) is 91.1 Å². The van der Waals surface area contributed by atoms with Gasteiger partial charge in [0.05, 0.1) is 49.6 Å². The van der Waals surface area contributed by atoms with Crippen LogP contribution < -0.4 is 14.8 Å². The summed E-state index contributed by atoms with van der Waals surface area (Å²) in [4.78, 5) is 16.2. The zero-order valence-corrected chi connectivity index (χ0v) is 23.7. The maximum atomic E-state index is 14.3. The summed E-state index contributed by atoms with van der Waals surface area (Å²) in [6.45, 7) is 4.46. The van der Waals surface area contributed by atoms with E-state index in [-0.39, 0.29) is 12.1 Å². The van der Waals surface area contributed by atoms with Crippen molar-refractivity contribution in [1.29, 1.82) is 0 Å². The SMILES string of the molecule is CCc1nn(-c2ccccc2)c2c1CN(C(=O)Nc1cc(C)ccc1OC)[C@H](c1ccc(OC)cc1)c1cccn1-2. The van der Waals surface area contributed by atoms with Crippen LogP contribution in [-0.2, 0) is 13.0 Å². The molecule has 0 bridgehead atoms. The Morgan fingerprint density at radius 3 is 2.46 bits per heavy atom. The fourth-order valence-corrected chi connectivity index (χ4v) is 5.59. The number of aryl methyl sites for hydroxylation is 2. The molecule has 8 heteroatoms. The van der Waals surface area contributed by atoms with Gasteiger partial charge in [-0.2, -0.15) is 5.10 Å². The summed E-state index contributed by atoms with van der Waals surface area (Å²) in [5, 5.41) is 8.19. The Kier molecular flexibility index (Phi) is 6.97. The highest BCUT2D eigenvalue weighted by Crippen LogP contribution is 2.39. The molecule has 0 radical (unpaired) electrons. The third-order valence-corrected chi connectivity index (χ3v) is 7.59. The molecule has 1 aliphatic heterocycles. The molecule has 0 fully saturated rings. The fraction of sp³-hybridized carbons (Fsp3) is 0.212. The van der Waals surface area contributed by atoms with E-state index in [4.69, 9.17) is 14.6 Å². The van der Waals surface area contributed by atoms with E-state index in [0.29, 0.717) is 18.0 Å². The van der Waals surface area contributed by atoms with Crippen LogP contribution in [0.2, 0.25) is 0 Å². The number of hydrogen-bond donors (Lipinski definition) is 1. The van der Waals surface area contributed by atoms with Crippen molar-refractivity contribution < 1.29 is 14.3 Å². The van der Waals surface area contributed by atoms with Crippen molar-refractivity contribution in [2.75, 3.05) is 19.5 Å². The molecule has 0 aliphatic carbocycles. The molecule has 1 N–H and O–H groups in total. The van der Waals surface area contributed by atoms with Gasteiger partial charge in [-0.05, 0) is 73.0 Å². The molecule has 2 amide bonds. The standard InChI is InChI=1S/C33H33N5O3/c1-5-27-26-21-37(33(39)34-28-20-22(2)13-18-30(28)41-4)31(23-14-16-25(40-3)17-15-23)29-12-9-19-36(29)32(26)38(35-27)24-10-7-6-8-11-24/h6-20,31H,5,21H2,1-4H3,(H,34,39)/t31-/m1/s1.